The van der Waals surface area contributed by atoms with Gasteiger partial charge in [-0.25, -0.2) is 0 Å². The molecule has 0 spiro atoms. The molecule has 1 saturated carbocycles. The average Bonchev–Trinajstić information content (AvgIpc) is 3.10. The van der Waals surface area contributed by atoms with E-state index in [-0.39, 0.29) is 11.3 Å². The summed E-state index contributed by atoms with van der Waals surface area (Å²) in [4.78, 5) is 12.2. The molecule has 1 aromatic rings. The maximum absolute atomic E-state index is 12.2. The fourth-order valence-corrected chi connectivity index (χ4v) is 4.31. The quantitative estimate of drug-likeness (QED) is 0.897. The lowest BCUT2D eigenvalue weighted by Crippen LogP contribution is -2.48. The van der Waals surface area contributed by atoms with Crippen LogP contribution in [0.1, 0.15) is 24.8 Å². The molecule has 2 N–H and O–H groups in total. The van der Waals surface area contributed by atoms with Crippen molar-refractivity contribution in [3.8, 4) is 0 Å². The highest BCUT2D eigenvalue weighted by Gasteiger charge is 2.47. The van der Waals surface area contributed by atoms with Gasteiger partial charge in [-0.3, -0.25) is 4.79 Å². The number of amides is 1. The number of thioether (sulfide) groups is 1. The van der Waals surface area contributed by atoms with Crippen molar-refractivity contribution in [1.29, 1.82) is 0 Å². The predicted molar refractivity (Wildman–Crippen MR) is 82.3 cm³/mol. The first kappa shape index (κ1) is 14.2. The number of nitrogens with one attached hydrogen (secondary N) is 1. The summed E-state index contributed by atoms with van der Waals surface area (Å²) in [5.74, 6) is 1.11. The number of carbonyl (C=O) groups is 1. The molecule has 1 amide bonds. The van der Waals surface area contributed by atoms with Gasteiger partial charge in [0.15, 0.2) is 5.60 Å². The summed E-state index contributed by atoms with van der Waals surface area (Å²) >= 11 is 7.88. The average molecular weight is 312 g/mol. The Morgan fingerprint density at radius 3 is 2.70 bits per heavy atom. The maximum atomic E-state index is 12.2. The van der Waals surface area contributed by atoms with Crippen molar-refractivity contribution in [3.63, 3.8) is 0 Å². The van der Waals surface area contributed by atoms with Crippen molar-refractivity contribution in [1.82, 2.24) is 5.32 Å². The van der Waals surface area contributed by atoms with Crippen LogP contribution in [0.5, 0.6) is 0 Å². The van der Waals surface area contributed by atoms with Gasteiger partial charge >= 0.3 is 0 Å². The smallest absolute Gasteiger partial charge is 0.252 e. The summed E-state index contributed by atoms with van der Waals surface area (Å²) < 4.78 is 0. The predicted octanol–water partition coefficient (Wildman–Crippen LogP) is 2.36. The fourth-order valence-electron chi connectivity index (χ4n) is 2.73. The topological polar surface area (TPSA) is 49.3 Å². The van der Waals surface area contributed by atoms with Crippen molar-refractivity contribution in [2.24, 2.45) is 0 Å². The molecule has 108 valence electrons. The Morgan fingerprint density at radius 1 is 1.35 bits per heavy atom. The standard InChI is InChI=1S/C15H18ClNO2S/c16-12-4-2-1-3-11(12)14(5-6-14)9-17-13(18)15(19)7-8-20-10-15/h1-4,19H,5-10H2,(H,17,18). The van der Waals surface area contributed by atoms with Crippen molar-refractivity contribution in [2.75, 3.05) is 18.1 Å². The van der Waals surface area contributed by atoms with Gasteiger partial charge in [0.05, 0.1) is 0 Å². The largest absolute Gasteiger partial charge is 0.379 e. The van der Waals surface area contributed by atoms with E-state index >= 15 is 0 Å². The SMILES string of the molecule is O=C(NCC1(c2ccccc2Cl)CC1)C1(O)CCSC1. The zero-order valence-corrected chi connectivity index (χ0v) is 12.8. The van der Waals surface area contributed by atoms with Crippen LogP contribution in [-0.2, 0) is 10.2 Å². The number of carbonyl (C=O) groups excluding carboxylic acids is 1. The van der Waals surface area contributed by atoms with E-state index in [4.69, 9.17) is 11.6 Å². The van der Waals surface area contributed by atoms with E-state index < -0.39 is 5.60 Å². The van der Waals surface area contributed by atoms with Gasteiger partial charge in [0.2, 0.25) is 0 Å². The van der Waals surface area contributed by atoms with E-state index in [9.17, 15) is 9.90 Å². The Balaban J connectivity index is 1.67. The minimum absolute atomic E-state index is 0.0316. The summed E-state index contributed by atoms with van der Waals surface area (Å²) in [5.41, 5.74) is -0.105. The molecule has 1 aliphatic carbocycles. The number of rotatable bonds is 4. The van der Waals surface area contributed by atoms with Crippen LogP contribution >= 0.6 is 23.4 Å². The zero-order valence-electron chi connectivity index (χ0n) is 11.2. The number of halogens is 1. The molecule has 2 aliphatic rings. The Labute approximate surface area is 128 Å². The van der Waals surface area contributed by atoms with Gasteiger partial charge in [-0.2, -0.15) is 11.8 Å². The van der Waals surface area contributed by atoms with E-state index in [1.54, 1.807) is 11.8 Å². The van der Waals surface area contributed by atoms with Crippen LogP contribution in [0.3, 0.4) is 0 Å². The number of aliphatic hydroxyl groups is 1. The number of hydrogen-bond donors (Lipinski definition) is 2. The zero-order chi connectivity index (χ0) is 14.2. The molecule has 3 nitrogen and oxygen atoms in total. The third kappa shape index (κ3) is 2.57. The highest BCUT2D eigenvalue weighted by atomic mass is 35.5. The van der Waals surface area contributed by atoms with Crippen LogP contribution in [0.4, 0.5) is 0 Å². The van der Waals surface area contributed by atoms with Crippen molar-refractivity contribution >= 4 is 29.3 Å². The van der Waals surface area contributed by atoms with Crippen LogP contribution in [0.2, 0.25) is 5.02 Å². The molecule has 0 aromatic heterocycles. The van der Waals surface area contributed by atoms with Crippen LogP contribution in [0.25, 0.3) is 0 Å². The maximum Gasteiger partial charge on any atom is 0.252 e. The lowest BCUT2D eigenvalue weighted by molar-refractivity contribution is -0.137. The first-order valence-corrected chi connectivity index (χ1v) is 8.43. The Morgan fingerprint density at radius 2 is 2.10 bits per heavy atom. The van der Waals surface area contributed by atoms with Crippen molar-refractivity contribution in [2.45, 2.75) is 30.3 Å². The summed E-state index contributed by atoms with van der Waals surface area (Å²) in [6.45, 7) is 0.558. The molecular formula is C15H18ClNO2S. The molecule has 3 rings (SSSR count). The van der Waals surface area contributed by atoms with Gasteiger partial charge in [-0.05, 0) is 36.6 Å². The molecule has 1 unspecified atom stereocenters. The van der Waals surface area contributed by atoms with Crippen LogP contribution < -0.4 is 5.32 Å². The lowest BCUT2D eigenvalue weighted by atomic mass is 9.95. The van der Waals surface area contributed by atoms with Crippen LogP contribution in [0.15, 0.2) is 24.3 Å². The Hall–Kier alpha value is -0.710. The Kier molecular flexibility index (Phi) is 3.73. The molecule has 2 fully saturated rings. The molecule has 20 heavy (non-hydrogen) atoms. The van der Waals surface area contributed by atoms with E-state index in [0.29, 0.717) is 18.7 Å². The summed E-state index contributed by atoms with van der Waals surface area (Å²) in [6, 6.07) is 7.81. The van der Waals surface area contributed by atoms with E-state index in [1.165, 1.54) is 0 Å². The highest BCUT2D eigenvalue weighted by Crippen LogP contribution is 2.50. The molecule has 0 bridgehead atoms. The van der Waals surface area contributed by atoms with E-state index in [0.717, 1.165) is 29.2 Å². The molecule has 1 aliphatic heterocycles. The van der Waals surface area contributed by atoms with Gasteiger partial charge < -0.3 is 10.4 Å². The summed E-state index contributed by atoms with van der Waals surface area (Å²) in [7, 11) is 0. The minimum atomic E-state index is -1.18. The second-order valence-electron chi connectivity index (χ2n) is 5.78. The molecule has 0 radical (unpaired) electrons. The molecule has 1 atom stereocenters. The third-order valence-corrected chi connectivity index (χ3v) is 5.81. The normalized spacial score (nSPS) is 27.3. The van der Waals surface area contributed by atoms with Gasteiger partial charge in [0.1, 0.15) is 0 Å². The van der Waals surface area contributed by atoms with Crippen LogP contribution in [-0.4, -0.2) is 34.7 Å². The van der Waals surface area contributed by atoms with Crippen molar-refractivity contribution < 1.29 is 9.90 Å². The first-order valence-electron chi connectivity index (χ1n) is 6.89. The summed E-state index contributed by atoms with van der Waals surface area (Å²) in [5, 5.41) is 13.9. The van der Waals surface area contributed by atoms with E-state index in [1.807, 2.05) is 24.3 Å². The molecular weight excluding hydrogens is 294 g/mol. The number of benzene rings is 1. The van der Waals surface area contributed by atoms with Gasteiger partial charge in [-0.1, -0.05) is 29.8 Å². The Bertz CT molecular complexity index is 524. The lowest BCUT2D eigenvalue weighted by Gasteiger charge is -2.23. The fraction of sp³-hybridized carbons (Fsp3) is 0.533. The second kappa shape index (κ2) is 5.24. The molecule has 1 heterocycles. The molecule has 5 heteroatoms. The van der Waals surface area contributed by atoms with Gasteiger partial charge in [-0.15, -0.1) is 0 Å². The van der Waals surface area contributed by atoms with E-state index in [2.05, 4.69) is 5.32 Å². The molecule has 1 saturated heterocycles. The van der Waals surface area contributed by atoms with Crippen molar-refractivity contribution in [3.05, 3.63) is 34.9 Å². The number of hydrogen-bond acceptors (Lipinski definition) is 3. The van der Waals surface area contributed by atoms with Crippen LogP contribution in [0, 0.1) is 0 Å². The van der Waals surface area contributed by atoms with Gasteiger partial charge in [0, 0.05) is 22.7 Å². The first-order chi connectivity index (χ1) is 9.56. The van der Waals surface area contributed by atoms with Gasteiger partial charge in [0.25, 0.3) is 5.91 Å². The monoisotopic (exact) mass is 311 g/mol. The minimum Gasteiger partial charge on any atom is -0.379 e. The third-order valence-electron chi connectivity index (χ3n) is 4.31. The summed E-state index contributed by atoms with van der Waals surface area (Å²) in [6.07, 6.45) is 2.61. The highest BCUT2D eigenvalue weighted by molar-refractivity contribution is 7.99. The molecule has 1 aromatic carbocycles. The second-order valence-corrected chi connectivity index (χ2v) is 7.29.